The SMILES string of the molecule is COc1cccc(CCC(=O)Nc2ccccc2S(=O)(=O)NC(C)(C)C)c1OC. The third-order valence-corrected chi connectivity index (χ3v) is 5.81. The Bertz CT molecular complexity index is 965. The Labute approximate surface area is 172 Å². The monoisotopic (exact) mass is 420 g/mol. The molecule has 29 heavy (non-hydrogen) atoms. The van der Waals surface area contributed by atoms with Gasteiger partial charge in [-0.2, -0.15) is 0 Å². The number of para-hydroxylation sites is 2. The van der Waals surface area contributed by atoms with Gasteiger partial charge < -0.3 is 14.8 Å². The molecule has 0 saturated heterocycles. The molecule has 2 N–H and O–H groups in total. The van der Waals surface area contributed by atoms with E-state index >= 15 is 0 Å². The van der Waals surface area contributed by atoms with Crippen molar-refractivity contribution in [2.75, 3.05) is 19.5 Å². The lowest BCUT2D eigenvalue weighted by Crippen LogP contribution is -2.40. The van der Waals surface area contributed by atoms with Crippen LogP contribution in [0.5, 0.6) is 11.5 Å². The molecule has 0 saturated carbocycles. The van der Waals surface area contributed by atoms with Gasteiger partial charge in [0.05, 0.1) is 19.9 Å². The van der Waals surface area contributed by atoms with Gasteiger partial charge in [-0.25, -0.2) is 13.1 Å². The quantitative estimate of drug-likeness (QED) is 0.683. The second-order valence-electron chi connectivity index (χ2n) is 7.55. The van der Waals surface area contributed by atoms with Crippen LogP contribution in [0.2, 0.25) is 0 Å². The van der Waals surface area contributed by atoms with Crippen molar-refractivity contribution >= 4 is 21.6 Å². The van der Waals surface area contributed by atoms with Gasteiger partial charge >= 0.3 is 0 Å². The maximum absolute atomic E-state index is 12.7. The molecule has 0 aliphatic rings. The molecule has 8 heteroatoms. The van der Waals surface area contributed by atoms with Crippen molar-refractivity contribution in [3.8, 4) is 11.5 Å². The zero-order valence-corrected chi connectivity index (χ0v) is 18.2. The van der Waals surface area contributed by atoms with Crippen LogP contribution in [0.25, 0.3) is 0 Å². The third kappa shape index (κ3) is 6.20. The Hall–Kier alpha value is -2.58. The molecule has 0 bridgehead atoms. The van der Waals surface area contributed by atoms with Gasteiger partial charge in [0.15, 0.2) is 11.5 Å². The molecule has 0 aliphatic heterocycles. The summed E-state index contributed by atoms with van der Waals surface area (Å²) >= 11 is 0. The molecule has 0 aliphatic carbocycles. The standard InChI is InChI=1S/C21H28N2O5S/c1-21(2,3)23-29(25,26)18-12-7-6-10-16(18)22-19(24)14-13-15-9-8-11-17(27-4)20(15)28-5/h6-12,23H,13-14H2,1-5H3,(H,22,24). The van der Waals surface area contributed by atoms with Crippen LogP contribution in [0.15, 0.2) is 47.4 Å². The number of methoxy groups -OCH3 is 2. The first-order valence-electron chi connectivity index (χ1n) is 9.20. The number of carbonyl (C=O) groups excluding carboxylic acids is 1. The molecule has 1 amide bonds. The van der Waals surface area contributed by atoms with Gasteiger partial charge in [-0.3, -0.25) is 4.79 Å². The van der Waals surface area contributed by atoms with E-state index in [2.05, 4.69) is 10.0 Å². The molecule has 158 valence electrons. The summed E-state index contributed by atoms with van der Waals surface area (Å²) in [6.45, 7) is 5.27. The van der Waals surface area contributed by atoms with Crippen LogP contribution in [-0.4, -0.2) is 34.1 Å². The topological polar surface area (TPSA) is 93.7 Å². The predicted octanol–water partition coefficient (Wildman–Crippen LogP) is 3.35. The summed E-state index contributed by atoms with van der Waals surface area (Å²) in [7, 11) is -0.683. The number of nitrogens with one attached hydrogen (secondary N) is 2. The Kier molecular flexibility index (Phi) is 7.26. The van der Waals surface area contributed by atoms with Gasteiger partial charge in [0.2, 0.25) is 15.9 Å². The van der Waals surface area contributed by atoms with Crippen molar-refractivity contribution in [1.29, 1.82) is 0 Å². The number of ether oxygens (including phenoxy) is 2. The van der Waals surface area contributed by atoms with Crippen molar-refractivity contribution < 1.29 is 22.7 Å². The fraction of sp³-hybridized carbons (Fsp3) is 0.381. The van der Waals surface area contributed by atoms with Crippen molar-refractivity contribution in [3.05, 3.63) is 48.0 Å². The molecule has 2 aromatic carbocycles. The van der Waals surface area contributed by atoms with Crippen LogP contribution in [0.3, 0.4) is 0 Å². The highest BCUT2D eigenvalue weighted by atomic mass is 32.2. The zero-order valence-electron chi connectivity index (χ0n) is 17.4. The molecule has 0 fully saturated rings. The summed E-state index contributed by atoms with van der Waals surface area (Å²) in [5.41, 5.74) is 0.433. The number of rotatable bonds is 8. The molecular weight excluding hydrogens is 392 g/mol. The van der Waals surface area contributed by atoms with E-state index < -0.39 is 15.6 Å². The predicted molar refractivity (Wildman–Crippen MR) is 113 cm³/mol. The van der Waals surface area contributed by atoms with E-state index in [-0.39, 0.29) is 22.9 Å². The lowest BCUT2D eigenvalue weighted by molar-refractivity contribution is -0.116. The van der Waals surface area contributed by atoms with Crippen LogP contribution in [0.4, 0.5) is 5.69 Å². The fourth-order valence-corrected chi connectivity index (χ4v) is 4.46. The van der Waals surface area contributed by atoms with Gasteiger partial charge in [-0.05, 0) is 51.0 Å². The van der Waals surface area contributed by atoms with Crippen LogP contribution in [-0.2, 0) is 21.2 Å². The van der Waals surface area contributed by atoms with Gasteiger partial charge in [-0.1, -0.05) is 24.3 Å². The molecule has 0 heterocycles. The van der Waals surface area contributed by atoms with Crippen molar-refractivity contribution in [2.24, 2.45) is 0 Å². The Morgan fingerprint density at radius 1 is 1.00 bits per heavy atom. The molecule has 0 unspecified atom stereocenters. The average molecular weight is 421 g/mol. The van der Waals surface area contributed by atoms with Crippen molar-refractivity contribution in [1.82, 2.24) is 4.72 Å². The summed E-state index contributed by atoms with van der Waals surface area (Å²) in [5, 5.41) is 2.71. The highest BCUT2D eigenvalue weighted by molar-refractivity contribution is 7.89. The third-order valence-electron chi connectivity index (χ3n) is 4.00. The zero-order chi connectivity index (χ0) is 21.7. The number of benzene rings is 2. The first kappa shape index (κ1) is 22.7. The van der Waals surface area contributed by atoms with E-state index in [0.29, 0.717) is 17.9 Å². The maximum atomic E-state index is 12.7. The fourth-order valence-electron chi connectivity index (χ4n) is 2.87. The van der Waals surface area contributed by atoms with E-state index in [4.69, 9.17) is 9.47 Å². The summed E-state index contributed by atoms with van der Waals surface area (Å²) in [5.74, 6) is 0.878. The number of sulfonamides is 1. The van der Waals surface area contributed by atoms with E-state index in [0.717, 1.165) is 5.56 Å². The van der Waals surface area contributed by atoms with Gasteiger partial charge in [-0.15, -0.1) is 0 Å². The van der Waals surface area contributed by atoms with E-state index in [1.165, 1.54) is 6.07 Å². The van der Waals surface area contributed by atoms with Gasteiger partial charge in [0, 0.05) is 12.0 Å². The Morgan fingerprint density at radius 3 is 2.31 bits per heavy atom. The largest absolute Gasteiger partial charge is 0.493 e. The number of amides is 1. The molecular formula is C21H28N2O5S. The lowest BCUT2D eigenvalue weighted by atomic mass is 10.1. The summed E-state index contributed by atoms with van der Waals surface area (Å²) in [6.07, 6.45) is 0.575. The molecule has 0 radical (unpaired) electrons. The molecule has 2 rings (SSSR count). The first-order chi connectivity index (χ1) is 13.6. The van der Waals surface area contributed by atoms with Crippen LogP contribution in [0, 0.1) is 0 Å². The minimum absolute atomic E-state index is 0.0298. The minimum Gasteiger partial charge on any atom is -0.493 e. The molecule has 2 aromatic rings. The number of hydrogen-bond donors (Lipinski definition) is 2. The lowest BCUT2D eigenvalue weighted by Gasteiger charge is -2.21. The number of aryl methyl sites for hydroxylation is 1. The number of anilines is 1. The van der Waals surface area contributed by atoms with Gasteiger partial charge in [0.1, 0.15) is 4.90 Å². The summed E-state index contributed by atoms with van der Waals surface area (Å²) in [4.78, 5) is 12.5. The second-order valence-corrected chi connectivity index (χ2v) is 9.20. The van der Waals surface area contributed by atoms with Crippen LogP contribution < -0.4 is 19.5 Å². The molecule has 7 nitrogen and oxygen atoms in total. The highest BCUT2D eigenvalue weighted by Gasteiger charge is 2.25. The first-order valence-corrected chi connectivity index (χ1v) is 10.7. The molecule has 0 aromatic heterocycles. The smallest absolute Gasteiger partial charge is 0.243 e. The maximum Gasteiger partial charge on any atom is 0.243 e. The normalized spacial score (nSPS) is 11.8. The molecule has 0 spiro atoms. The molecule has 0 atom stereocenters. The number of carbonyl (C=O) groups is 1. The van der Waals surface area contributed by atoms with Gasteiger partial charge in [0.25, 0.3) is 0 Å². The summed E-state index contributed by atoms with van der Waals surface area (Å²) < 4.78 is 38.6. The number of hydrogen-bond acceptors (Lipinski definition) is 5. The van der Waals surface area contributed by atoms with Crippen molar-refractivity contribution in [2.45, 2.75) is 44.0 Å². The highest BCUT2D eigenvalue weighted by Crippen LogP contribution is 2.31. The minimum atomic E-state index is -3.78. The van der Waals surface area contributed by atoms with Crippen LogP contribution in [0.1, 0.15) is 32.8 Å². The van der Waals surface area contributed by atoms with E-state index in [9.17, 15) is 13.2 Å². The summed E-state index contributed by atoms with van der Waals surface area (Å²) in [6, 6.07) is 11.8. The Balaban J connectivity index is 2.15. The second kappa shape index (κ2) is 9.28. The van der Waals surface area contributed by atoms with Crippen molar-refractivity contribution in [3.63, 3.8) is 0 Å². The van der Waals surface area contributed by atoms with Crippen LogP contribution >= 0.6 is 0 Å². The van der Waals surface area contributed by atoms with E-state index in [1.807, 2.05) is 12.1 Å². The van der Waals surface area contributed by atoms with E-state index in [1.54, 1.807) is 59.3 Å². The average Bonchev–Trinajstić information content (AvgIpc) is 2.64. The Morgan fingerprint density at radius 2 is 1.69 bits per heavy atom.